The van der Waals surface area contributed by atoms with Crippen molar-refractivity contribution in [3.05, 3.63) is 35.4 Å². The molecule has 1 aromatic carbocycles. The summed E-state index contributed by atoms with van der Waals surface area (Å²) in [6.07, 6.45) is 0.975. The van der Waals surface area contributed by atoms with Crippen LogP contribution in [0.25, 0.3) is 0 Å². The van der Waals surface area contributed by atoms with E-state index in [0.29, 0.717) is 19.1 Å². The molecular weight excluding hydrogens is 302 g/mol. The van der Waals surface area contributed by atoms with E-state index < -0.39 is 0 Å². The van der Waals surface area contributed by atoms with Crippen molar-refractivity contribution in [2.45, 2.75) is 40.3 Å². The summed E-state index contributed by atoms with van der Waals surface area (Å²) in [5, 5.41) is 6.62. The second-order valence-electron chi connectivity index (χ2n) is 6.19. The molecule has 136 valence electrons. The van der Waals surface area contributed by atoms with Gasteiger partial charge in [-0.15, -0.1) is 0 Å². The van der Waals surface area contributed by atoms with Crippen molar-refractivity contribution < 1.29 is 9.47 Å². The van der Waals surface area contributed by atoms with Crippen LogP contribution in [0.4, 0.5) is 0 Å². The van der Waals surface area contributed by atoms with Gasteiger partial charge in [0.1, 0.15) is 0 Å². The standard InChI is InChI=1S/C19H33N3O2/c1-5-20-19(21-11-6-12-24-14-16(2)3)22-13-17-7-9-18(10-8-17)15-23-4/h7-10,16H,5-6,11-15H2,1-4H3,(H2,20,21,22). The minimum Gasteiger partial charge on any atom is -0.381 e. The third-order valence-electron chi connectivity index (χ3n) is 3.31. The number of hydrogen-bond donors (Lipinski definition) is 2. The number of nitrogens with one attached hydrogen (secondary N) is 2. The first-order chi connectivity index (χ1) is 11.7. The molecule has 0 spiro atoms. The van der Waals surface area contributed by atoms with Crippen LogP contribution >= 0.6 is 0 Å². The van der Waals surface area contributed by atoms with E-state index in [0.717, 1.165) is 38.7 Å². The Kier molecular flexibility index (Phi) is 10.9. The van der Waals surface area contributed by atoms with Gasteiger partial charge in [-0.25, -0.2) is 4.99 Å². The second-order valence-corrected chi connectivity index (χ2v) is 6.19. The van der Waals surface area contributed by atoms with E-state index in [4.69, 9.17) is 9.47 Å². The van der Waals surface area contributed by atoms with Gasteiger partial charge in [0.05, 0.1) is 13.2 Å². The summed E-state index contributed by atoms with van der Waals surface area (Å²) >= 11 is 0. The summed E-state index contributed by atoms with van der Waals surface area (Å²) in [5.74, 6) is 1.44. The molecule has 0 aliphatic heterocycles. The molecule has 0 amide bonds. The summed E-state index contributed by atoms with van der Waals surface area (Å²) in [4.78, 5) is 4.63. The molecule has 0 radical (unpaired) electrons. The lowest BCUT2D eigenvalue weighted by Crippen LogP contribution is -2.38. The average Bonchev–Trinajstić information content (AvgIpc) is 2.57. The minimum absolute atomic E-state index is 0.590. The van der Waals surface area contributed by atoms with Crippen LogP contribution in [0.2, 0.25) is 0 Å². The van der Waals surface area contributed by atoms with Crippen LogP contribution in [0.3, 0.4) is 0 Å². The summed E-state index contributed by atoms with van der Waals surface area (Å²) < 4.78 is 10.7. The van der Waals surface area contributed by atoms with Crippen molar-refractivity contribution in [1.82, 2.24) is 10.6 Å². The molecule has 1 aromatic rings. The van der Waals surface area contributed by atoms with E-state index >= 15 is 0 Å². The molecule has 2 N–H and O–H groups in total. The molecule has 0 saturated carbocycles. The molecule has 0 bridgehead atoms. The van der Waals surface area contributed by atoms with Crippen LogP contribution in [0.1, 0.15) is 38.3 Å². The third-order valence-corrected chi connectivity index (χ3v) is 3.31. The van der Waals surface area contributed by atoms with Gasteiger partial charge in [-0.05, 0) is 30.4 Å². The Morgan fingerprint density at radius 3 is 2.46 bits per heavy atom. The molecule has 0 unspecified atom stereocenters. The van der Waals surface area contributed by atoms with Crippen molar-refractivity contribution in [3.8, 4) is 0 Å². The molecule has 0 heterocycles. The largest absolute Gasteiger partial charge is 0.381 e. The van der Waals surface area contributed by atoms with Crippen LogP contribution in [-0.2, 0) is 22.6 Å². The van der Waals surface area contributed by atoms with E-state index in [1.54, 1.807) is 7.11 Å². The normalized spacial score (nSPS) is 11.8. The number of nitrogens with zero attached hydrogens (tertiary/aromatic N) is 1. The lowest BCUT2D eigenvalue weighted by atomic mass is 10.1. The zero-order valence-electron chi connectivity index (χ0n) is 15.6. The van der Waals surface area contributed by atoms with E-state index in [2.05, 4.69) is 60.7 Å². The Labute approximate surface area is 146 Å². The first kappa shape index (κ1) is 20.5. The zero-order valence-corrected chi connectivity index (χ0v) is 15.6. The van der Waals surface area contributed by atoms with Crippen molar-refractivity contribution >= 4 is 5.96 Å². The van der Waals surface area contributed by atoms with Gasteiger partial charge >= 0.3 is 0 Å². The fourth-order valence-corrected chi connectivity index (χ4v) is 2.12. The highest BCUT2D eigenvalue weighted by Gasteiger charge is 1.99. The maximum Gasteiger partial charge on any atom is 0.191 e. The van der Waals surface area contributed by atoms with Crippen LogP contribution in [0.15, 0.2) is 29.3 Å². The number of benzene rings is 1. The molecule has 0 aromatic heterocycles. The summed E-state index contributed by atoms with van der Waals surface area (Å²) in [6, 6.07) is 8.36. The quantitative estimate of drug-likeness (QED) is 0.371. The van der Waals surface area contributed by atoms with E-state index in [1.807, 2.05) is 0 Å². The van der Waals surface area contributed by atoms with Crippen molar-refractivity contribution in [2.24, 2.45) is 10.9 Å². The minimum atomic E-state index is 0.590. The Bertz CT molecular complexity index is 458. The highest BCUT2D eigenvalue weighted by Crippen LogP contribution is 2.06. The van der Waals surface area contributed by atoms with Gasteiger partial charge in [0.2, 0.25) is 0 Å². The Morgan fingerprint density at radius 1 is 1.12 bits per heavy atom. The molecule has 5 nitrogen and oxygen atoms in total. The topological polar surface area (TPSA) is 54.9 Å². The fraction of sp³-hybridized carbons (Fsp3) is 0.632. The number of rotatable bonds is 11. The summed E-state index contributed by atoms with van der Waals surface area (Å²) in [6.45, 7) is 11.0. The van der Waals surface area contributed by atoms with Gasteiger partial charge in [-0.2, -0.15) is 0 Å². The molecular formula is C19H33N3O2. The first-order valence-corrected chi connectivity index (χ1v) is 8.82. The van der Waals surface area contributed by atoms with Crippen molar-refractivity contribution in [1.29, 1.82) is 0 Å². The van der Waals surface area contributed by atoms with E-state index in [1.165, 1.54) is 11.1 Å². The maximum atomic E-state index is 5.59. The highest BCUT2D eigenvalue weighted by atomic mass is 16.5. The summed E-state index contributed by atoms with van der Waals surface area (Å²) in [5.41, 5.74) is 2.36. The van der Waals surface area contributed by atoms with Crippen LogP contribution < -0.4 is 10.6 Å². The van der Waals surface area contributed by atoms with Gasteiger partial charge in [0, 0.05) is 33.4 Å². The molecule has 0 atom stereocenters. The monoisotopic (exact) mass is 335 g/mol. The smallest absolute Gasteiger partial charge is 0.191 e. The molecule has 0 fully saturated rings. The van der Waals surface area contributed by atoms with E-state index in [-0.39, 0.29) is 0 Å². The number of hydrogen-bond acceptors (Lipinski definition) is 3. The Morgan fingerprint density at radius 2 is 1.83 bits per heavy atom. The van der Waals surface area contributed by atoms with Gasteiger partial charge in [0.15, 0.2) is 5.96 Å². The molecule has 24 heavy (non-hydrogen) atoms. The van der Waals surface area contributed by atoms with Crippen molar-refractivity contribution in [3.63, 3.8) is 0 Å². The number of guanidine groups is 1. The summed E-state index contributed by atoms with van der Waals surface area (Å²) in [7, 11) is 1.71. The van der Waals surface area contributed by atoms with Gasteiger partial charge in [-0.3, -0.25) is 0 Å². The SMILES string of the molecule is CCNC(=NCc1ccc(COC)cc1)NCCCOCC(C)C. The Hall–Kier alpha value is -1.59. The fourth-order valence-electron chi connectivity index (χ4n) is 2.12. The third kappa shape index (κ3) is 9.53. The van der Waals surface area contributed by atoms with Crippen LogP contribution in [0.5, 0.6) is 0 Å². The van der Waals surface area contributed by atoms with E-state index in [9.17, 15) is 0 Å². The maximum absolute atomic E-state index is 5.59. The lowest BCUT2D eigenvalue weighted by Gasteiger charge is -2.12. The van der Waals surface area contributed by atoms with Crippen LogP contribution in [-0.4, -0.2) is 39.4 Å². The second kappa shape index (κ2) is 12.8. The lowest BCUT2D eigenvalue weighted by molar-refractivity contribution is 0.108. The number of aliphatic imine (C=N–C) groups is 1. The van der Waals surface area contributed by atoms with Gasteiger partial charge in [0.25, 0.3) is 0 Å². The number of methoxy groups -OCH3 is 1. The van der Waals surface area contributed by atoms with Gasteiger partial charge in [-0.1, -0.05) is 38.1 Å². The number of ether oxygens (including phenoxy) is 2. The molecule has 5 heteroatoms. The van der Waals surface area contributed by atoms with Crippen LogP contribution in [0, 0.1) is 5.92 Å². The predicted molar refractivity (Wildman–Crippen MR) is 100 cm³/mol. The highest BCUT2D eigenvalue weighted by molar-refractivity contribution is 5.79. The molecule has 0 saturated heterocycles. The zero-order chi connectivity index (χ0) is 17.6. The average molecular weight is 335 g/mol. The molecule has 0 aliphatic rings. The first-order valence-electron chi connectivity index (χ1n) is 8.82. The Balaban J connectivity index is 2.35. The molecule has 0 aliphatic carbocycles. The van der Waals surface area contributed by atoms with Crippen molar-refractivity contribution in [2.75, 3.05) is 33.4 Å². The molecule has 1 rings (SSSR count). The van der Waals surface area contributed by atoms with Gasteiger partial charge < -0.3 is 20.1 Å². The predicted octanol–water partition coefficient (Wildman–Crippen LogP) is 2.95.